The number of hydrogen-bond acceptors (Lipinski definition) is 5. The quantitative estimate of drug-likeness (QED) is 0.670. The molecule has 1 N–H and O–H groups in total. The Morgan fingerprint density at radius 1 is 1.28 bits per heavy atom. The Hall–Kier alpha value is -3.15. The fourth-order valence-electron chi connectivity index (χ4n) is 4.83. The van der Waals surface area contributed by atoms with Crippen LogP contribution in [0.4, 0.5) is 0 Å². The summed E-state index contributed by atoms with van der Waals surface area (Å²) >= 11 is 6.45. The molecule has 0 saturated carbocycles. The molecule has 1 aromatic rings. The Morgan fingerprint density at radius 3 is 2.64 bits per heavy atom. The van der Waals surface area contributed by atoms with E-state index in [0.29, 0.717) is 24.7 Å². The van der Waals surface area contributed by atoms with E-state index in [9.17, 15) is 19.6 Å². The number of hydrogen-bond donors (Lipinski definition) is 1. The number of halogens is 1. The summed E-state index contributed by atoms with van der Waals surface area (Å²) in [5.74, 6) is -0.356. The second-order valence-electron chi connectivity index (χ2n) is 10.1. The summed E-state index contributed by atoms with van der Waals surface area (Å²) < 4.78 is 6.75. The predicted molar refractivity (Wildman–Crippen MR) is 136 cm³/mol. The van der Waals surface area contributed by atoms with Gasteiger partial charge in [-0.2, -0.15) is 5.26 Å². The highest BCUT2D eigenvalue weighted by molar-refractivity contribution is 6.31. The lowest BCUT2D eigenvalue weighted by Gasteiger charge is -2.38. The number of nitrogens with zero attached hydrogens (tertiary/aromatic N) is 3. The summed E-state index contributed by atoms with van der Waals surface area (Å²) in [4.78, 5) is 39.7. The van der Waals surface area contributed by atoms with Gasteiger partial charge in [0.1, 0.15) is 17.9 Å². The molecule has 1 aromatic heterocycles. The number of allylic oxidation sites excluding steroid dienone is 3. The van der Waals surface area contributed by atoms with Gasteiger partial charge in [-0.15, -0.1) is 0 Å². The molecule has 190 valence electrons. The average Bonchev–Trinajstić information content (AvgIpc) is 3.39. The smallest absolute Gasteiger partial charge is 0.252 e. The van der Waals surface area contributed by atoms with Gasteiger partial charge in [-0.3, -0.25) is 14.4 Å². The number of ether oxygens (including phenoxy) is 1. The van der Waals surface area contributed by atoms with Crippen molar-refractivity contribution < 1.29 is 14.3 Å². The summed E-state index contributed by atoms with van der Waals surface area (Å²) in [7, 11) is 1.49. The molecule has 4 rings (SSSR count). The molecule has 9 heteroatoms. The molecule has 36 heavy (non-hydrogen) atoms. The molecule has 0 bridgehead atoms. The second kappa shape index (κ2) is 10.5. The number of nitrogens with one attached hydrogen (secondary N) is 1. The molecule has 0 spiro atoms. The molecule has 0 aromatic carbocycles. The summed E-state index contributed by atoms with van der Waals surface area (Å²) in [5, 5.41) is 12.8. The van der Waals surface area contributed by atoms with Crippen LogP contribution in [-0.4, -0.2) is 53.1 Å². The van der Waals surface area contributed by atoms with Crippen LogP contribution in [0.1, 0.15) is 55.6 Å². The van der Waals surface area contributed by atoms with E-state index in [0.717, 1.165) is 31.3 Å². The molecule has 3 aliphatic rings. The van der Waals surface area contributed by atoms with E-state index in [1.807, 2.05) is 30.9 Å². The van der Waals surface area contributed by atoms with Crippen LogP contribution in [0, 0.1) is 16.7 Å². The first kappa shape index (κ1) is 25.9. The Balaban J connectivity index is 1.47. The van der Waals surface area contributed by atoms with Crippen molar-refractivity contribution in [1.29, 1.82) is 5.26 Å². The first-order chi connectivity index (χ1) is 17.1. The van der Waals surface area contributed by atoms with E-state index in [1.165, 1.54) is 29.3 Å². The fraction of sp³-hybridized carbons (Fsp3) is 0.481. The molecular formula is C27H31ClN4O4. The van der Waals surface area contributed by atoms with Gasteiger partial charge in [0, 0.05) is 48.8 Å². The lowest BCUT2D eigenvalue weighted by atomic mass is 9.73. The molecule has 1 aliphatic carbocycles. The Labute approximate surface area is 215 Å². The molecule has 2 saturated heterocycles. The number of amides is 2. The molecule has 2 amide bonds. The van der Waals surface area contributed by atoms with Gasteiger partial charge in [-0.05, 0) is 49.5 Å². The molecule has 2 atom stereocenters. The van der Waals surface area contributed by atoms with Crippen LogP contribution in [0.3, 0.4) is 0 Å². The minimum Gasteiger partial charge on any atom is -0.368 e. The van der Waals surface area contributed by atoms with E-state index >= 15 is 0 Å². The molecule has 8 nitrogen and oxygen atoms in total. The van der Waals surface area contributed by atoms with Crippen molar-refractivity contribution in [2.75, 3.05) is 19.7 Å². The number of piperidine rings is 1. The number of nitriles is 1. The minimum atomic E-state index is -0.483. The first-order valence-electron chi connectivity index (χ1n) is 12.2. The van der Waals surface area contributed by atoms with Gasteiger partial charge in [0.15, 0.2) is 0 Å². The number of carbonyl (C=O) groups excluding carboxylic acids is 2. The SMILES string of the molecule is Cn1c(C#N)cc(C(=O)NC2C=C(Cl)C=C(C=C3CCN(C(=O)C4CCCO4)CC3)C2(C)C)cc1=O. The maximum absolute atomic E-state index is 13.0. The Morgan fingerprint density at radius 2 is 2.00 bits per heavy atom. The zero-order valence-electron chi connectivity index (χ0n) is 20.8. The molecule has 2 unspecified atom stereocenters. The summed E-state index contributed by atoms with van der Waals surface area (Å²) in [6.07, 6.45) is 8.82. The number of likely N-dealkylation sites (tertiary alicyclic amines) is 1. The summed E-state index contributed by atoms with van der Waals surface area (Å²) in [6, 6.07) is 4.14. The largest absolute Gasteiger partial charge is 0.368 e. The van der Waals surface area contributed by atoms with Crippen LogP contribution in [0.2, 0.25) is 0 Å². The number of rotatable bonds is 4. The lowest BCUT2D eigenvalue weighted by molar-refractivity contribution is -0.141. The van der Waals surface area contributed by atoms with Crippen LogP contribution in [0.25, 0.3) is 0 Å². The lowest BCUT2D eigenvalue weighted by Crippen LogP contribution is -2.46. The van der Waals surface area contributed by atoms with Crippen molar-refractivity contribution in [3.05, 3.63) is 68.2 Å². The Kier molecular flexibility index (Phi) is 7.53. The Bertz CT molecular complexity index is 1250. The van der Waals surface area contributed by atoms with Crippen molar-refractivity contribution in [1.82, 2.24) is 14.8 Å². The van der Waals surface area contributed by atoms with Crippen LogP contribution in [0.5, 0.6) is 0 Å². The zero-order valence-corrected chi connectivity index (χ0v) is 21.6. The average molecular weight is 511 g/mol. The van der Waals surface area contributed by atoms with Crippen molar-refractivity contribution in [2.24, 2.45) is 12.5 Å². The van der Waals surface area contributed by atoms with Gasteiger partial charge in [-0.25, -0.2) is 0 Å². The van der Waals surface area contributed by atoms with Crippen molar-refractivity contribution in [3.63, 3.8) is 0 Å². The maximum Gasteiger partial charge on any atom is 0.252 e. The van der Waals surface area contributed by atoms with Gasteiger partial charge in [0.05, 0.1) is 6.04 Å². The highest BCUT2D eigenvalue weighted by Gasteiger charge is 2.36. The van der Waals surface area contributed by atoms with E-state index in [2.05, 4.69) is 11.4 Å². The van der Waals surface area contributed by atoms with Gasteiger partial charge in [0.2, 0.25) is 0 Å². The third-order valence-corrected chi connectivity index (χ3v) is 7.58. The van der Waals surface area contributed by atoms with E-state index in [1.54, 1.807) is 6.08 Å². The van der Waals surface area contributed by atoms with E-state index in [4.69, 9.17) is 16.3 Å². The molecule has 3 heterocycles. The van der Waals surface area contributed by atoms with Gasteiger partial charge in [-0.1, -0.05) is 37.1 Å². The maximum atomic E-state index is 13.0. The predicted octanol–water partition coefficient (Wildman–Crippen LogP) is 3.17. The topological polar surface area (TPSA) is 104 Å². The van der Waals surface area contributed by atoms with Gasteiger partial charge in [0.25, 0.3) is 17.4 Å². The summed E-state index contributed by atoms with van der Waals surface area (Å²) in [6.45, 7) is 6.03. The van der Waals surface area contributed by atoms with E-state index in [-0.39, 0.29) is 23.3 Å². The van der Waals surface area contributed by atoms with Crippen LogP contribution in [0.15, 0.2) is 51.3 Å². The van der Waals surface area contributed by atoms with Crippen LogP contribution < -0.4 is 10.9 Å². The van der Waals surface area contributed by atoms with Crippen LogP contribution >= 0.6 is 11.6 Å². The molecular weight excluding hydrogens is 480 g/mol. The molecule has 2 fully saturated rings. The van der Waals surface area contributed by atoms with Gasteiger partial charge >= 0.3 is 0 Å². The standard InChI is InChI=1S/C27H31ClN4O4/c1-27(2)19(11-17-6-8-32(9-7-17)26(35)22-5-4-10-36-22)14-20(28)15-23(27)30-25(34)18-12-21(16-29)31(3)24(33)13-18/h11-15,22-23H,4-10H2,1-3H3,(H,30,34). The monoisotopic (exact) mass is 510 g/mol. The number of carbonyl (C=O) groups is 2. The second-order valence-corrected chi connectivity index (χ2v) is 10.5. The molecule has 2 aliphatic heterocycles. The summed E-state index contributed by atoms with van der Waals surface area (Å²) in [5.41, 5.74) is 1.55. The first-order valence-corrected chi connectivity index (χ1v) is 12.6. The highest BCUT2D eigenvalue weighted by Crippen LogP contribution is 2.39. The van der Waals surface area contributed by atoms with Crippen molar-refractivity contribution in [2.45, 2.75) is 51.7 Å². The zero-order chi connectivity index (χ0) is 26.0. The van der Waals surface area contributed by atoms with Crippen molar-refractivity contribution >= 4 is 23.4 Å². The van der Waals surface area contributed by atoms with E-state index < -0.39 is 22.9 Å². The van der Waals surface area contributed by atoms with Crippen molar-refractivity contribution in [3.8, 4) is 6.07 Å². The number of pyridine rings is 1. The minimum absolute atomic E-state index is 0.0906. The normalized spacial score (nSPS) is 23.4. The fourth-order valence-corrected chi connectivity index (χ4v) is 5.07. The third-order valence-electron chi connectivity index (χ3n) is 7.35. The van der Waals surface area contributed by atoms with Crippen LogP contribution in [-0.2, 0) is 16.6 Å². The molecule has 0 radical (unpaired) electrons. The third kappa shape index (κ3) is 5.32. The van der Waals surface area contributed by atoms with Gasteiger partial charge < -0.3 is 19.5 Å². The highest BCUT2D eigenvalue weighted by atomic mass is 35.5. The number of aromatic nitrogens is 1.